The summed E-state index contributed by atoms with van der Waals surface area (Å²) in [6.07, 6.45) is 0. The Kier molecular flexibility index (Phi) is 1.11. The van der Waals surface area contributed by atoms with Gasteiger partial charge in [0, 0.05) is 19.6 Å². The van der Waals surface area contributed by atoms with Gasteiger partial charge in [-0.2, -0.15) is 13.1 Å². The third-order valence-electron chi connectivity index (χ3n) is 1.88. The maximum Gasteiger partial charge on any atom is 0.277 e. The van der Waals surface area contributed by atoms with Crippen molar-refractivity contribution in [2.75, 3.05) is 19.6 Å². The van der Waals surface area contributed by atoms with Gasteiger partial charge in [-0.15, -0.1) is 0 Å². The molecule has 2 saturated heterocycles. The maximum absolute atomic E-state index is 10.8. The molecule has 10 heavy (non-hydrogen) atoms. The van der Waals surface area contributed by atoms with E-state index in [-0.39, 0.29) is 5.54 Å². The molecule has 0 aliphatic carbocycles. The molecule has 2 heterocycles. The van der Waals surface area contributed by atoms with Crippen molar-refractivity contribution < 1.29 is 8.42 Å². The lowest BCUT2D eigenvalue weighted by atomic mass is 9.95. The first-order valence-electron chi connectivity index (χ1n) is 3.11. The van der Waals surface area contributed by atoms with Gasteiger partial charge in [0.15, 0.2) is 0 Å². The van der Waals surface area contributed by atoms with Gasteiger partial charge in [0.25, 0.3) is 10.2 Å². The van der Waals surface area contributed by atoms with Crippen LogP contribution < -0.4 is 14.8 Å². The fraction of sp³-hybridized carbons (Fsp3) is 1.00. The van der Waals surface area contributed by atoms with Crippen LogP contribution in [-0.4, -0.2) is 33.6 Å². The van der Waals surface area contributed by atoms with Crippen molar-refractivity contribution in [3.05, 3.63) is 0 Å². The fourth-order valence-electron chi connectivity index (χ4n) is 1.21. The second-order valence-electron chi connectivity index (χ2n) is 2.81. The molecule has 58 valence electrons. The SMILES string of the molecule is O=S1(=O)NCC2(CNC2)N1. The number of nitrogens with one attached hydrogen (secondary N) is 3. The van der Waals surface area contributed by atoms with Gasteiger partial charge in [-0.1, -0.05) is 0 Å². The summed E-state index contributed by atoms with van der Waals surface area (Å²) in [5.41, 5.74) is -0.209. The van der Waals surface area contributed by atoms with E-state index < -0.39 is 10.2 Å². The molecule has 2 aliphatic heterocycles. The summed E-state index contributed by atoms with van der Waals surface area (Å²) in [4.78, 5) is 0. The molecule has 0 atom stereocenters. The first-order valence-corrected chi connectivity index (χ1v) is 4.60. The van der Waals surface area contributed by atoms with Gasteiger partial charge < -0.3 is 5.32 Å². The predicted octanol–water partition coefficient (Wildman–Crippen LogP) is -2.23. The van der Waals surface area contributed by atoms with Crippen LogP contribution in [0.2, 0.25) is 0 Å². The van der Waals surface area contributed by atoms with Crippen molar-refractivity contribution in [1.29, 1.82) is 0 Å². The number of rotatable bonds is 0. The summed E-state index contributed by atoms with van der Waals surface area (Å²) >= 11 is 0. The third-order valence-corrected chi connectivity index (χ3v) is 3.10. The van der Waals surface area contributed by atoms with Crippen LogP contribution in [-0.2, 0) is 10.2 Å². The monoisotopic (exact) mass is 163 g/mol. The molecule has 0 amide bonds. The van der Waals surface area contributed by atoms with Crippen LogP contribution in [0.5, 0.6) is 0 Å². The zero-order valence-electron chi connectivity index (χ0n) is 5.35. The minimum absolute atomic E-state index is 0.209. The molecule has 6 heteroatoms. The minimum Gasteiger partial charge on any atom is -0.313 e. The second-order valence-corrected chi connectivity index (χ2v) is 4.31. The second kappa shape index (κ2) is 1.70. The van der Waals surface area contributed by atoms with Crippen molar-refractivity contribution in [2.24, 2.45) is 0 Å². The molecule has 0 radical (unpaired) electrons. The topological polar surface area (TPSA) is 70.2 Å². The van der Waals surface area contributed by atoms with E-state index in [1.165, 1.54) is 0 Å². The Morgan fingerprint density at radius 3 is 2.10 bits per heavy atom. The van der Waals surface area contributed by atoms with Gasteiger partial charge in [-0.05, 0) is 0 Å². The smallest absolute Gasteiger partial charge is 0.277 e. The third kappa shape index (κ3) is 0.842. The van der Waals surface area contributed by atoms with Crippen LogP contribution in [0.25, 0.3) is 0 Å². The van der Waals surface area contributed by atoms with Crippen LogP contribution in [0, 0.1) is 0 Å². The number of hydrogen-bond acceptors (Lipinski definition) is 3. The van der Waals surface area contributed by atoms with Gasteiger partial charge in [0.1, 0.15) is 0 Å². The van der Waals surface area contributed by atoms with Crippen molar-refractivity contribution in [2.45, 2.75) is 5.54 Å². The van der Waals surface area contributed by atoms with E-state index in [2.05, 4.69) is 14.8 Å². The highest BCUT2D eigenvalue weighted by atomic mass is 32.2. The van der Waals surface area contributed by atoms with Gasteiger partial charge >= 0.3 is 0 Å². The number of hydrogen-bond donors (Lipinski definition) is 3. The molecule has 0 unspecified atom stereocenters. The first-order chi connectivity index (χ1) is 4.62. The highest BCUT2D eigenvalue weighted by Crippen LogP contribution is 2.15. The highest BCUT2D eigenvalue weighted by molar-refractivity contribution is 7.87. The molecule has 0 aromatic carbocycles. The zero-order chi connectivity index (χ0) is 7.24. The molecule has 0 bridgehead atoms. The highest BCUT2D eigenvalue weighted by Gasteiger charge is 2.45. The van der Waals surface area contributed by atoms with Crippen LogP contribution in [0.15, 0.2) is 0 Å². The average molecular weight is 163 g/mol. The van der Waals surface area contributed by atoms with Crippen LogP contribution >= 0.6 is 0 Å². The summed E-state index contributed by atoms with van der Waals surface area (Å²) in [5, 5.41) is 3.01. The Bertz CT molecular complexity index is 243. The molecule has 0 saturated carbocycles. The van der Waals surface area contributed by atoms with Crippen molar-refractivity contribution in [1.82, 2.24) is 14.8 Å². The Morgan fingerprint density at radius 2 is 1.90 bits per heavy atom. The molecule has 0 aromatic rings. The van der Waals surface area contributed by atoms with Crippen LogP contribution in [0.4, 0.5) is 0 Å². The molecule has 2 aliphatic rings. The quantitative estimate of drug-likeness (QED) is 0.378. The van der Waals surface area contributed by atoms with Gasteiger partial charge in [0.05, 0.1) is 5.54 Å². The summed E-state index contributed by atoms with van der Waals surface area (Å²) in [6, 6.07) is 0. The Morgan fingerprint density at radius 1 is 1.20 bits per heavy atom. The molecule has 2 rings (SSSR count). The summed E-state index contributed by atoms with van der Waals surface area (Å²) in [5.74, 6) is 0. The van der Waals surface area contributed by atoms with Gasteiger partial charge in [-0.25, -0.2) is 4.72 Å². The lowest BCUT2D eigenvalue weighted by Crippen LogP contribution is -2.67. The van der Waals surface area contributed by atoms with E-state index in [0.717, 1.165) is 13.1 Å². The maximum atomic E-state index is 10.8. The predicted molar refractivity (Wildman–Crippen MR) is 35.7 cm³/mol. The zero-order valence-corrected chi connectivity index (χ0v) is 6.16. The van der Waals surface area contributed by atoms with Gasteiger partial charge in [0.2, 0.25) is 0 Å². The normalized spacial score (nSPS) is 34.0. The molecular weight excluding hydrogens is 154 g/mol. The molecule has 5 nitrogen and oxygen atoms in total. The Hall–Kier alpha value is -0.170. The van der Waals surface area contributed by atoms with E-state index in [4.69, 9.17) is 0 Å². The molecule has 0 aromatic heterocycles. The fourth-order valence-corrected chi connectivity index (χ4v) is 2.54. The lowest BCUT2D eigenvalue weighted by Gasteiger charge is -2.36. The molecule has 1 spiro atoms. The Balaban J connectivity index is 2.19. The average Bonchev–Trinajstić information content (AvgIpc) is 2.04. The lowest BCUT2D eigenvalue weighted by molar-refractivity contribution is 0.275. The van der Waals surface area contributed by atoms with Crippen molar-refractivity contribution in [3.63, 3.8) is 0 Å². The van der Waals surface area contributed by atoms with E-state index in [1.807, 2.05) is 0 Å². The van der Waals surface area contributed by atoms with Crippen LogP contribution in [0.3, 0.4) is 0 Å². The van der Waals surface area contributed by atoms with Gasteiger partial charge in [-0.3, -0.25) is 0 Å². The standard InChI is InChI=1S/C4H9N3O2S/c8-10(9)6-3-4(7-10)1-5-2-4/h5-7H,1-3H2. The minimum atomic E-state index is -3.15. The van der Waals surface area contributed by atoms with Crippen molar-refractivity contribution >= 4 is 10.2 Å². The Labute approximate surface area is 59.4 Å². The molecule has 3 N–H and O–H groups in total. The van der Waals surface area contributed by atoms with Crippen LogP contribution in [0.1, 0.15) is 0 Å². The summed E-state index contributed by atoms with van der Waals surface area (Å²) in [6.45, 7) is 1.99. The molecule has 2 fully saturated rings. The summed E-state index contributed by atoms with van der Waals surface area (Å²) < 4.78 is 26.5. The largest absolute Gasteiger partial charge is 0.313 e. The molecular formula is C4H9N3O2S. The van der Waals surface area contributed by atoms with Crippen molar-refractivity contribution in [3.8, 4) is 0 Å². The van der Waals surface area contributed by atoms with E-state index in [0.29, 0.717) is 6.54 Å². The van der Waals surface area contributed by atoms with E-state index in [1.54, 1.807) is 0 Å². The van der Waals surface area contributed by atoms with E-state index in [9.17, 15) is 8.42 Å². The van der Waals surface area contributed by atoms with E-state index >= 15 is 0 Å². The summed E-state index contributed by atoms with van der Waals surface area (Å²) in [7, 11) is -3.15. The first kappa shape index (κ1) is 6.53.